The van der Waals surface area contributed by atoms with Gasteiger partial charge in [-0.25, -0.2) is 9.07 Å². The summed E-state index contributed by atoms with van der Waals surface area (Å²) < 4.78 is 15.1. The number of para-hydroxylation sites is 1. The molecule has 1 aliphatic carbocycles. The molecule has 3 N–H and O–H groups in total. The second kappa shape index (κ2) is 6.27. The fourth-order valence-corrected chi connectivity index (χ4v) is 2.87. The van der Waals surface area contributed by atoms with Gasteiger partial charge in [0.1, 0.15) is 11.5 Å². The van der Waals surface area contributed by atoms with Gasteiger partial charge in [0.2, 0.25) is 5.91 Å². The molecule has 22 heavy (non-hydrogen) atoms. The van der Waals surface area contributed by atoms with Crippen LogP contribution in [0.15, 0.2) is 36.7 Å². The number of nitrogens with two attached hydrogens (primary N) is 1. The van der Waals surface area contributed by atoms with Gasteiger partial charge in [-0.2, -0.15) is 5.10 Å². The maximum atomic E-state index is 13.7. The molecule has 0 aliphatic heterocycles. The third-order valence-electron chi connectivity index (χ3n) is 4.03. The number of anilines is 1. The van der Waals surface area contributed by atoms with E-state index >= 15 is 0 Å². The van der Waals surface area contributed by atoms with Crippen LogP contribution in [0, 0.1) is 11.7 Å². The van der Waals surface area contributed by atoms with Crippen molar-refractivity contribution in [2.24, 2.45) is 11.7 Å². The van der Waals surface area contributed by atoms with Gasteiger partial charge in [-0.3, -0.25) is 4.79 Å². The molecular formula is C16H19FN4O. The van der Waals surface area contributed by atoms with Crippen LogP contribution in [0.1, 0.15) is 25.7 Å². The fraction of sp³-hybridized carbons (Fsp3) is 0.375. The van der Waals surface area contributed by atoms with Crippen molar-refractivity contribution < 1.29 is 9.18 Å². The smallest absolute Gasteiger partial charge is 0.227 e. The van der Waals surface area contributed by atoms with E-state index in [9.17, 15) is 9.18 Å². The van der Waals surface area contributed by atoms with Gasteiger partial charge in [0.05, 0.1) is 18.1 Å². The zero-order chi connectivity index (χ0) is 15.5. The van der Waals surface area contributed by atoms with Crippen LogP contribution in [0.5, 0.6) is 0 Å². The molecule has 0 radical (unpaired) electrons. The van der Waals surface area contributed by atoms with E-state index in [0.717, 1.165) is 19.3 Å². The van der Waals surface area contributed by atoms with Crippen LogP contribution >= 0.6 is 0 Å². The van der Waals surface area contributed by atoms with Gasteiger partial charge in [-0.05, 0) is 31.4 Å². The van der Waals surface area contributed by atoms with Crippen molar-refractivity contribution in [1.29, 1.82) is 0 Å². The number of benzene rings is 1. The molecule has 0 saturated heterocycles. The number of hydrogen-bond acceptors (Lipinski definition) is 3. The molecule has 1 saturated carbocycles. The lowest BCUT2D eigenvalue weighted by molar-refractivity contribution is -0.120. The lowest BCUT2D eigenvalue weighted by Crippen LogP contribution is -2.34. The molecule has 6 heteroatoms. The lowest BCUT2D eigenvalue weighted by atomic mass is 9.85. The molecule has 2 atom stereocenters. The molecule has 1 aromatic carbocycles. The number of carbonyl (C=O) groups excluding carboxylic acids is 1. The van der Waals surface area contributed by atoms with Crippen LogP contribution in [0.4, 0.5) is 10.1 Å². The molecule has 1 aliphatic rings. The van der Waals surface area contributed by atoms with Crippen LogP contribution in [0.2, 0.25) is 0 Å². The summed E-state index contributed by atoms with van der Waals surface area (Å²) in [4.78, 5) is 12.2. The normalized spacial score (nSPS) is 21.5. The Kier molecular flexibility index (Phi) is 4.20. The summed E-state index contributed by atoms with van der Waals surface area (Å²) in [5.41, 5.74) is 6.83. The van der Waals surface area contributed by atoms with Crippen molar-refractivity contribution >= 4 is 11.6 Å². The summed E-state index contributed by atoms with van der Waals surface area (Å²) >= 11 is 0. The average molecular weight is 302 g/mol. The van der Waals surface area contributed by atoms with Gasteiger partial charge in [-0.1, -0.05) is 18.6 Å². The van der Waals surface area contributed by atoms with Crippen LogP contribution in [-0.2, 0) is 4.79 Å². The molecule has 116 valence electrons. The Morgan fingerprint density at radius 3 is 2.95 bits per heavy atom. The Bertz CT molecular complexity index is 670. The van der Waals surface area contributed by atoms with Crippen LogP contribution in [0.3, 0.4) is 0 Å². The molecule has 1 fully saturated rings. The molecular weight excluding hydrogens is 283 g/mol. The zero-order valence-corrected chi connectivity index (χ0v) is 12.2. The number of amides is 1. The Morgan fingerprint density at radius 2 is 2.18 bits per heavy atom. The first kappa shape index (κ1) is 14.7. The second-order valence-corrected chi connectivity index (χ2v) is 5.74. The van der Waals surface area contributed by atoms with Crippen LogP contribution in [-0.4, -0.2) is 21.7 Å². The van der Waals surface area contributed by atoms with E-state index in [2.05, 4.69) is 10.4 Å². The SMILES string of the molecule is NC1CCCC(C(=O)Nc2cnn(-c3ccccc3F)c2)C1. The summed E-state index contributed by atoms with van der Waals surface area (Å²) in [7, 11) is 0. The number of halogens is 1. The highest BCUT2D eigenvalue weighted by atomic mass is 19.1. The number of aromatic nitrogens is 2. The second-order valence-electron chi connectivity index (χ2n) is 5.74. The molecule has 3 rings (SSSR count). The number of hydrogen-bond donors (Lipinski definition) is 2. The Morgan fingerprint density at radius 1 is 1.36 bits per heavy atom. The average Bonchev–Trinajstić information content (AvgIpc) is 2.96. The van der Waals surface area contributed by atoms with E-state index in [1.807, 2.05) is 0 Å². The van der Waals surface area contributed by atoms with Crippen LogP contribution in [0.25, 0.3) is 5.69 Å². The van der Waals surface area contributed by atoms with Crippen molar-refractivity contribution in [3.8, 4) is 5.69 Å². The summed E-state index contributed by atoms with van der Waals surface area (Å²) in [5, 5.41) is 6.94. The first-order chi connectivity index (χ1) is 10.6. The Hall–Kier alpha value is -2.21. The number of nitrogens with zero attached hydrogens (tertiary/aromatic N) is 2. The highest BCUT2D eigenvalue weighted by molar-refractivity contribution is 5.92. The predicted molar refractivity (Wildman–Crippen MR) is 82.1 cm³/mol. The molecule has 5 nitrogen and oxygen atoms in total. The molecule has 2 unspecified atom stereocenters. The van der Waals surface area contributed by atoms with Gasteiger partial charge >= 0.3 is 0 Å². The topological polar surface area (TPSA) is 72.9 Å². The Balaban J connectivity index is 1.69. The minimum absolute atomic E-state index is 0.0387. The van der Waals surface area contributed by atoms with E-state index in [4.69, 9.17) is 5.73 Å². The molecule has 1 aromatic heterocycles. The predicted octanol–water partition coefficient (Wildman–Crippen LogP) is 2.47. The third kappa shape index (κ3) is 3.17. The highest BCUT2D eigenvalue weighted by Gasteiger charge is 2.25. The first-order valence-corrected chi connectivity index (χ1v) is 7.49. The molecule has 1 heterocycles. The van der Waals surface area contributed by atoms with Crippen molar-refractivity contribution in [3.05, 3.63) is 42.5 Å². The van der Waals surface area contributed by atoms with Gasteiger partial charge in [0.25, 0.3) is 0 Å². The largest absolute Gasteiger partial charge is 0.328 e. The summed E-state index contributed by atoms with van der Waals surface area (Å²) in [6.07, 6.45) is 6.67. The highest BCUT2D eigenvalue weighted by Crippen LogP contribution is 2.24. The van der Waals surface area contributed by atoms with Crippen molar-refractivity contribution in [2.75, 3.05) is 5.32 Å². The van der Waals surface area contributed by atoms with Gasteiger partial charge < -0.3 is 11.1 Å². The Labute approximate surface area is 128 Å². The maximum absolute atomic E-state index is 13.7. The summed E-state index contributed by atoms with van der Waals surface area (Å²) in [6, 6.07) is 6.47. The van der Waals surface area contributed by atoms with E-state index in [1.165, 1.54) is 16.9 Å². The summed E-state index contributed by atoms with van der Waals surface area (Å²) in [6.45, 7) is 0. The van der Waals surface area contributed by atoms with Crippen LogP contribution < -0.4 is 11.1 Å². The number of nitrogens with one attached hydrogen (secondary N) is 1. The van der Waals surface area contributed by atoms with E-state index in [1.54, 1.807) is 24.4 Å². The van der Waals surface area contributed by atoms with Crippen molar-refractivity contribution in [1.82, 2.24) is 9.78 Å². The third-order valence-corrected chi connectivity index (χ3v) is 4.03. The van der Waals surface area contributed by atoms with Crippen molar-refractivity contribution in [2.45, 2.75) is 31.7 Å². The van der Waals surface area contributed by atoms with E-state index in [0.29, 0.717) is 17.8 Å². The molecule has 1 amide bonds. The van der Waals surface area contributed by atoms with Gasteiger partial charge in [-0.15, -0.1) is 0 Å². The zero-order valence-electron chi connectivity index (χ0n) is 12.2. The lowest BCUT2D eigenvalue weighted by Gasteiger charge is -2.25. The number of carbonyl (C=O) groups is 1. The maximum Gasteiger partial charge on any atom is 0.227 e. The van der Waals surface area contributed by atoms with Crippen molar-refractivity contribution in [3.63, 3.8) is 0 Å². The van der Waals surface area contributed by atoms with Gasteiger partial charge in [0, 0.05) is 12.0 Å². The molecule has 0 spiro atoms. The van der Waals surface area contributed by atoms with E-state index in [-0.39, 0.29) is 23.7 Å². The minimum atomic E-state index is -0.360. The van der Waals surface area contributed by atoms with E-state index < -0.39 is 0 Å². The molecule has 2 aromatic rings. The first-order valence-electron chi connectivity index (χ1n) is 7.49. The minimum Gasteiger partial charge on any atom is -0.328 e. The monoisotopic (exact) mass is 302 g/mol. The quantitative estimate of drug-likeness (QED) is 0.914. The standard InChI is InChI=1S/C16H19FN4O/c17-14-6-1-2-7-15(14)21-10-13(9-19-21)20-16(22)11-4-3-5-12(18)8-11/h1-2,6-7,9-12H,3-5,8,18H2,(H,20,22). The summed E-state index contributed by atoms with van der Waals surface area (Å²) in [5.74, 6) is -0.453. The number of rotatable bonds is 3. The fourth-order valence-electron chi connectivity index (χ4n) is 2.87. The molecule has 0 bridgehead atoms. The van der Waals surface area contributed by atoms with Gasteiger partial charge in [0.15, 0.2) is 0 Å².